The second-order valence-electron chi connectivity index (χ2n) is 26.9. The van der Waals surface area contributed by atoms with Crippen LogP contribution in [0.2, 0.25) is 0 Å². The van der Waals surface area contributed by atoms with Crippen LogP contribution in [0.5, 0.6) is 0 Å². The quantitative estimate of drug-likeness (QED) is 0.161. The van der Waals surface area contributed by atoms with Crippen LogP contribution in [0.1, 0.15) is 27.8 Å². The summed E-state index contributed by atoms with van der Waals surface area (Å²) in [5.41, 5.74) is 22.4. The van der Waals surface area contributed by atoms with Crippen LogP contribution in [0, 0.1) is 34.6 Å². The van der Waals surface area contributed by atoms with E-state index in [1.54, 1.807) is 0 Å². The number of aryl methyl sites for hydroxylation is 9. The molecule has 21 aromatic rings. The van der Waals surface area contributed by atoms with Gasteiger partial charge in [-0.05, 0) is 152 Å². The Bertz CT molecular complexity index is 6950. The smallest absolute Gasteiger partial charge is 0.213 e. The lowest BCUT2D eigenvalue weighted by Gasteiger charge is -2.07. The molecular weight excluding hydrogens is 1370 g/mol. The first-order chi connectivity index (χ1) is 50.3. The van der Waals surface area contributed by atoms with Crippen molar-refractivity contribution in [3.63, 3.8) is 0 Å². The molecule has 0 spiro atoms. The average molecular weight is 1440 g/mol. The summed E-state index contributed by atoms with van der Waals surface area (Å²) in [5.74, 6) is 0. The van der Waals surface area contributed by atoms with Crippen LogP contribution in [0.25, 0.3) is 178 Å². The van der Waals surface area contributed by atoms with Gasteiger partial charge in [0.2, 0.25) is 22.8 Å². The van der Waals surface area contributed by atoms with E-state index in [9.17, 15) is 0 Å². The summed E-state index contributed by atoms with van der Waals surface area (Å²) in [6.07, 6.45) is 8.50. The maximum Gasteiger partial charge on any atom is 0.213 e. The number of fused-ring (bicyclic) bond motifs is 20. The lowest BCUT2D eigenvalue weighted by Crippen LogP contribution is -2.30. The van der Waals surface area contributed by atoms with E-state index in [2.05, 4.69) is 312 Å². The summed E-state index contributed by atoms with van der Waals surface area (Å²) >= 11 is 11.5. The maximum atomic E-state index is 6.27. The van der Waals surface area contributed by atoms with E-state index >= 15 is 0 Å². The van der Waals surface area contributed by atoms with Gasteiger partial charge in [-0.3, -0.25) is 0 Å². The first-order valence-corrected chi connectivity index (χ1v) is 39.5. The summed E-state index contributed by atoms with van der Waals surface area (Å²) in [4.78, 5) is 0. The zero-order valence-corrected chi connectivity index (χ0v) is 63.3. The fourth-order valence-corrected chi connectivity index (χ4v) is 23.0. The highest BCUT2D eigenvalue weighted by Crippen LogP contribution is 2.50. The van der Waals surface area contributed by atoms with Crippen molar-refractivity contribution in [3.8, 4) is 56.2 Å². The predicted octanol–water partition coefficient (Wildman–Crippen LogP) is 25.3. The Morgan fingerprint density at radius 3 is 1.32 bits per heavy atom. The number of furan rings is 2. The molecular formula is C91H70N4O2S6+4. The largest absolute Gasteiger partial charge is 0.452 e. The van der Waals surface area contributed by atoms with Crippen LogP contribution < -0.4 is 18.3 Å². The summed E-state index contributed by atoms with van der Waals surface area (Å²) in [7, 11) is 8.44. The normalized spacial score (nSPS) is 11.7. The fourth-order valence-electron chi connectivity index (χ4n) is 14.9. The Balaban J connectivity index is 0.0000000985. The van der Waals surface area contributed by atoms with E-state index in [1.807, 2.05) is 98.4 Å². The van der Waals surface area contributed by atoms with Gasteiger partial charge in [0.05, 0.1) is 49.8 Å². The van der Waals surface area contributed by atoms with Gasteiger partial charge in [0.25, 0.3) is 0 Å². The van der Waals surface area contributed by atoms with Crippen molar-refractivity contribution < 1.29 is 27.1 Å². The van der Waals surface area contributed by atoms with Gasteiger partial charge in [0.1, 0.15) is 39.4 Å². The molecule has 0 atom stereocenters. The molecule has 0 aliphatic carbocycles. The molecule has 0 aliphatic rings. The van der Waals surface area contributed by atoms with Crippen molar-refractivity contribution in [2.45, 2.75) is 34.6 Å². The fraction of sp³-hybridized carbons (Fsp3) is 0.0989. The minimum atomic E-state index is 0.819. The number of thiophene rings is 6. The number of rotatable bonds is 5. The van der Waals surface area contributed by atoms with Crippen LogP contribution in [0.3, 0.4) is 0 Å². The van der Waals surface area contributed by atoms with Gasteiger partial charge in [-0.25, -0.2) is 18.3 Å². The number of aromatic nitrogens is 4. The van der Waals surface area contributed by atoms with E-state index in [1.165, 1.54) is 161 Å². The number of hydrogen-bond donors (Lipinski definition) is 0. The minimum absolute atomic E-state index is 0.819. The molecule has 21 rings (SSSR count). The van der Waals surface area contributed by atoms with Gasteiger partial charge in [0.15, 0.2) is 36.0 Å². The Morgan fingerprint density at radius 2 is 0.718 bits per heavy atom. The Hall–Kier alpha value is -10.5. The average Bonchev–Trinajstić information content (AvgIpc) is 1.60. The van der Waals surface area contributed by atoms with Crippen LogP contribution in [-0.4, -0.2) is 0 Å². The third kappa shape index (κ3) is 11.3. The second kappa shape index (κ2) is 26.1. The summed E-state index contributed by atoms with van der Waals surface area (Å²) < 4.78 is 33.8. The standard InChI is InChI=1S/C27H20NO2.C22H18NS2.2C21H16NS2/c1-17-14-22-25(30-26-20-10-6-7-11-24(20)29-27(22)26)16-21(17)23-15-19(12-13-28(23)2)18-8-4-3-5-9-18;1-13-8-9-23(3)18(10-13)16-12-20-17(11-14(16)2)21-15-6-4-5-7-19(15)24-22(21)25-20;1-13-10-11-15-19-14-7-3-4-9-17(14)23-21(19)24-20(15)18(13)16-8-5-6-12-22(16)2;1-13-11-16-19(12-15(13)17-8-5-6-10-22(17)2)24-21-20(16)14-7-3-4-9-18(14)23-21/h3-16H,1-2H3;4-12H,1-3H3;2*3-12H,1-2H3/q4*+1. The number of para-hydroxylation sites is 1. The first kappa shape index (κ1) is 64.6. The lowest BCUT2D eigenvalue weighted by atomic mass is 9.99. The monoisotopic (exact) mass is 1440 g/mol. The van der Waals surface area contributed by atoms with Gasteiger partial charge < -0.3 is 8.83 Å². The van der Waals surface area contributed by atoms with Gasteiger partial charge >= 0.3 is 0 Å². The van der Waals surface area contributed by atoms with Crippen molar-refractivity contribution in [1.82, 2.24) is 0 Å². The molecule has 0 N–H and O–H groups in total. The number of pyridine rings is 4. The van der Waals surface area contributed by atoms with Crippen molar-refractivity contribution >= 4 is 190 Å². The highest BCUT2D eigenvalue weighted by Gasteiger charge is 2.25. The van der Waals surface area contributed by atoms with E-state index in [0.717, 1.165) is 44.4 Å². The topological polar surface area (TPSA) is 41.8 Å². The molecule has 12 aromatic heterocycles. The van der Waals surface area contributed by atoms with E-state index in [4.69, 9.17) is 8.83 Å². The molecule has 12 heterocycles. The first-order valence-electron chi connectivity index (χ1n) is 34.6. The van der Waals surface area contributed by atoms with Gasteiger partial charge in [-0.15, -0.1) is 68.0 Å². The molecule has 0 saturated heterocycles. The van der Waals surface area contributed by atoms with Crippen molar-refractivity contribution in [3.05, 3.63) is 289 Å². The number of nitrogens with zero attached hydrogens (tertiary/aromatic N) is 4. The highest BCUT2D eigenvalue weighted by atomic mass is 32.2. The maximum absolute atomic E-state index is 6.27. The number of benzene rings is 9. The van der Waals surface area contributed by atoms with Crippen LogP contribution in [0.4, 0.5) is 0 Å². The van der Waals surface area contributed by atoms with Gasteiger partial charge in [-0.1, -0.05) is 109 Å². The molecule has 498 valence electrons. The summed E-state index contributed by atoms with van der Waals surface area (Å²) in [6, 6.07) is 84.7. The van der Waals surface area contributed by atoms with E-state index in [-0.39, 0.29) is 0 Å². The van der Waals surface area contributed by atoms with Gasteiger partial charge in [-0.2, -0.15) is 0 Å². The Kier molecular flexibility index (Phi) is 16.3. The second-order valence-corrected chi connectivity index (χ2v) is 34.0. The van der Waals surface area contributed by atoms with Crippen LogP contribution in [-0.2, 0) is 28.2 Å². The zero-order valence-electron chi connectivity index (χ0n) is 58.4. The van der Waals surface area contributed by atoms with E-state index in [0.29, 0.717) is 0 Å². The van der Waals surface area contributed by atoms with Gasteiger partial charge in [0, 0.05) is 121 Å². The SMILES string of the molecule is Cc1cc2c(cc1-c1cc(-c3ccccc3)cc[n+]1C)oc1c3ccccc3oc21.Cc1cc2c(cc1-c1cccc[n+]1C)sc1sc3ccccc3c12.Cc1cc[n+](C)c(-c2cc3sc4sc5ccccc5c4c3cc2C)c1.Cc1ccc2c(sc3sc4ccccc4c32)c1-c1cccc[n+]1C. The minimum Gasteiger partial charge on any atom is -0.452 e. The summed E-state index contributed by atoms with van der Waals surface area (Å²) in [5, 5.41) is 14.7. The van der Waals surface area contributed by atoms with Crippen molar-refractivity contribution in [2.75, 3.05) is 0 Å². The van der Waals surface area contributed by atoms with Crippen molar-refractivity contribution in [2.24, 2.45) is 28.2 Å². The van der Waals surface area contributed by atoms with Crippen molar-refractivity contribution in [1.29, 1.82) is 0 Å². The molecule has 12 heteroatoms. The molecule has 9 aromatic carbocycles. The molecule has 103 heavy (non-hydrogen) atoms. The highest BCUT2D eigenvalue weighted by molar-refractivity contribution is 7.46. The number of hydrogen-bond acceptors (Lipinski definition) is 8. The molecule has 0 saturated carbocycles. The Labute approximate surface area is 620 Å². The molecule has 0 fully saturated rings. The Morgan fingerprint density at radius 1 is 0.272 bits per heavy atom. The predicted molar refractivity (Wildman–Crippen MR) is 443 cm³/mol. The molecule has 0 radical (unpaired) electrons. The zero-order chi connectivity index (χ0) is 69.9. The molecule has 0 aliphatic heterocycles. The molecule has 0 bridgehead atoms. The van der Waals surface area contributed by atoms with Crippen LogP contribution >= 0.6 is 68.0 Å². The molecule has 0 unspecified atom stereocenters. The third-order valence-corrected chi connectivity index (χ3v) is 27.5. The lowest BCUT2D eigenvalue weighted by molar-refractivity contribution is -0.660. The van der Waals surface area contributed by atoms with E-state index < -0.39 is 0 Å². The molecule has 6 nitrogen and oxygen atoms in total. The molecule has 0 amide bonds. The third-order valence-electron chi connectivity index (χ3n) is 20.2. The summed E-state index contributed by atoms with van der Waals surface area (Å²) in [6.45, 7) is 11.0. The van der Waals surface area contributed by atoms with Crippen LogP contribution in [0.15, 0.2) is 270 Å².